The number of ether oxygens (including phenoxy) is 1. The van der Waals surface area contributed by atoms with Gasteiger partial charge in [-0.05, 0) is 31.2 Å². The average molecular weight is 354 g/mol. The predicted octanol–water partition coefficient (Wildman–Crippen LogP) is 4.47. The molecule has 1 amide bonds. The lowest BCUT2D eigenvalue weighted by molar-refractivity contribution is -0.113. The normalized spacial score (nSPS) is 10.4. The van der Waals surface area contributed by atoms with E-state index in [0.717, 1.165) is 17.0 Å². The van der Waals surface area contributed by atoms with Crippen molar-refractivity contribution in [3.8, 4) is 17.1 Å². The van der Waals surface area contributed by atoms with Gasteiger partial charge in [0.25, 0.3) is 5.22 Å². The van der Waals surface area contributed by atoms with Crippen LogP contribution in [0.4, 0.5) is 5.69 Å². The third kappa shape index (κ3) is 4.87. The zero-order valence-corrected chi connectivity index (χ0v) is 14.6. The van der Waals surface area contributed by atoms with E-state index in [2.05, 4.69) is 10.3 Å². The Bertz CT molecular complexity index is 816. The summed E-state index contributed by atoms with van der Waals surface area (Å²) in [7, 11) is 0. The number of carbonyl (C=O) groups excluding carboxylic acids is 1. The number of amides is 1. The van der Waals surface area contributed by atoms with Crippen molar-refractivity contribution in [2.75, 3.05) is 17.7 Å². The molecule has 0 fully saturated rings. The summed E-state index contributed by atoms with van der Waals surface area (Å²) in [5.74, 6) is 1.58. The van der Waals surface area contributed by atoms with E-state index in [1.54, 1.807) is 6.20 Å². The summed E-state index contributed by atoms with van der Waals surface area (Å²) in [6.07, 6.45) is 1.67. The van der Waals surface area contributed by atoms with Crippen LogP contribution in [0.5, 0.6) is 5.75 Å². The van der Waals surface area contributed by atoms with Crippen LogP contribution in [0.3, 0.4) is 0 Å². The van der Waals surface area contributed by atoms with Gasteiger partial charge in [-0.25, -0.2) is 4.98 Å². The SMILES string of the molecule is CCOc1ccc(NC(=O)CSc2ncc(-c3ccccc3)o2)cc1. The van der Waals surface area contributed by atoms with Gasteiger partial charge >= 0.3 is 0 Å². The number of nitrogens with one attached hydrogen (secondary N) is 1. The quantitative estimate of drug-likeness (QED) is 0.634. The fourth-order valence-corrected chi connectivity index (χ4v) is 2.79. The van der Waals surface area contributed by atoms with E-state index in [1.807, 2.05) is 61.5 Å². The molecule has 0 radical (unpaired) electrons. The van der Waals surface area contributed by atoms with Gasteiger partial charge in [-0.15, -0.1) is 0 Å². The Balaban J connectivity index is 1.51. The predicted molar refractivity (Wildman–Crippen MR) is 98.9 cm³/mol. The number of benzene rings is 2. The largest absolute Gasteiger partial charge is 0.494 e. The summed E-state index contributed by atoms with van der Waals surface area (Å²) in [5, 5.41) is 3.31. The summed E-state index contributed by atoms with van der Waals surface area (Å²) < 4.78 is 11.0. The Hall–Kier alpha value is -2.73. The van der Waals surface area contributed by atoms with E-state index in [9.17, 15) is 4.79 Å². The highest BCUT2D eigenvalue weighted by atomic mass is 32.2. The van der Waals surface area contributed by atoms with Crippen LogP contribution in [0.25, 0.3) is 11.3 Å². The van der Waals surface area contributed by atoms with Crippen molar-refractivity contribution in [2.45, 2.75) is 12.1 Å². The lowest BCUT2D eigenvalue weighted by Gasteiger charge is -2.06. The molecule has 0 atom stereocenters. The average Bonchev–Trinajstić information content (AvgIpc) is 3.12. The second kappa shape index (κ2) is 8.39. The Morgan fingerprint density at radius 2 is 1.92 bits per heavy atom. The van der Waals surface area contributed by atoms with Crippen LogP contribution in [0.2, 0.25) is 0 Å². The van der Waals surface area contributed by atoms with E-state index in [-0.39, 0.29) is 11.7 Å². The third-order valence-electron chi connectivity index (χ3n) is 3.32. The number of aromatic nitrogens is 1. The Kier molecular flexibility index (Phi) is 5.74. The molecular weight excluding hydrogens is 336 g/mol. The number of hydrogen-bond acceptors (Lipinski definition) is 5. The van der Waals surface area contributed by atoms with E-state index in [0.29, 0.717) is 17.6 Å². The van der Waals surface area contributed by atoms with Crippen LogP contribution in [-0.4, -0.2) is 23.3 Å². The van der Waals surface area contributed by atoms with Crippen molar-refractivity contribution in [1.29, 1.82) is 0 Å². The zero-order valence-electron chi connectivity index (χ0n) is 13.8. The molecule has 128 valence electrons. The maximum absolute atomic E-state index is 12.0. The summed E-state index contributed by atoms with van der Waals surface area (Å²) >= 11 is 1.26. The molecule has 0 bridgehead atoms. The van der Waals surface area contributed by atoms with Crippen molar-refractivity contribution in [3.05, 3.63) is 60.8 Å². The minimum Gasteiger partial charge on any atom is -0.494 e. The van der Waals surface area contributed by atoms with Gasteiger partial charge in [0.15, 0.2) is 5.76 Å². The zero-order chi connectivity index (χ0) is 17.5. The fourth-order valence-electron chi connectivity index (χ4n) is 2.19. The molecule has 1 N–H and O–H groups in total. The van der Waals surface area contributed by atoms with E-state index in [1.165, 1.54) is 11.8 Å². The summed E-state index contributed by atoms with van der Waals surface area (Å²) in [4.78, 5) is 16.2. The molecule has 0 saturated heterocycles. The molecule has 0 aliphatic heterocycles. The van der Waals surface area contributed by atoms with Crippen LogP contribution >= 0.6 is 11.8 Å². The van der Waals surface area contributed by atoms with Gasteiger partial charge in [-0.3, -0.25) is 4.79 Å². The number of oxazole rings is 1. The molecule has 0 aliphatic rings. The molecule has 6 heteroatoms. The number of nitrogens with zero attached hydrogens (tertiary/aromatic N) is 1. The molecule has 2 aromatic carbocycles. The number of hydrogen-bond donors (Lipinski definition) is 1. The van der Waals surface area contributed by atoms with Gasteiger partial charge in [0, 0.05) is 11.3 Å². The van der Waals surface area contributed by atoms with Crippen LogP contribution in [0.15, 0.2) is 70.4 Å². The first-order valence-electron chi connectivity index (χ1n) is 7.91. The first-order valence-corrected chi connectivity index (χ1v) is 8.90. The molecule has 0 aliphatic carbocycles. The van der Waals surface area contributed by atoms with E-state index in [4.69, 9.17) is 9.15 Å². The number of anilines is 1. The van der Waals surface area contributed by atoms with Gasteiger partial charge < -0.3 is 14.5 Å². The third-order valence-corrected chi connectivity index (χ3v) is 4.16. The molecule has 1 heterocycles. The molecule has 25 heavy (non-hydrogen) atoms. The molecule has 3 rings (SSSR count). The summed E-state index contributed by atoms with van der Waals surface area (Å²) in [6.45, 7) is 2.54. The standard InChI is InChI=1S/C19H18N2O3S/c1-2-23-16-10-8-15(9-11-16)21-18(22)13-25-19-20-12-17(24-19)14-6-4-3-5-7-14/h3-12H,2,13H2,1H3,(H,21,22). The van der Waals surface area contributed by atoms with Gasteiger partial charge in [0.2, 0.25) is 5.91 Å². The first kappa shape index (κ1) is 17.1. The monoisotopic (exact) mass is 354 g/mol. The summed E-state index contributed by atoms with van der Waals surface area (Å²) in [5.41, 5.74) is 1.69. The lowest BCUT2D eigenvalue weighted by atomic mass is 10.2. The van der Waals surface area contributed by atoms with Crippen LogP contribution in [0.1, 0.15) is 6.92 Å². The highest BCUT2D eigenvalue weighted by Crippen LogP contribution is 2.25. The molecule has 5 nitrogen and oxygen atoms in total. The second-order valence-corrected chi connectivity index (χ2v) is 6.08. The second-order valence-electron chi connectivity index (χ2n) is 5.15. The Labute approximate surface area is 150 Å². The Morgan fingerprint density at radius 3 is 2.64 bits per heavy atom. The van der Waals surface area contributed by atoms with Crippen LogP contribution in [0, 0.1) is 0 Å². The van der Waals surface area contributed by atoms with E-state index < -0.39 is 0 Å². The van der Waals surface area contributed by atoms with Gasteiger partial charge in [-0.2, -0.15) is 0 Å². The molecule has 1 aromatic heterocycles. The first-order chi connectivity index (χ1) is 12.2. The van der Waals surface area contributed by atoms with Gasteiger partial charge in [0.1, 0.15) is 5.75 Å². The van der Waals surface area contributed by atoms with Crippen LogP contribution in [-0.2, 0) is 4.79 Å². The number of carbonyl (C=O) groups is 1. The Morgan fingerprint density at radius 1 is 1.16 bits per heavy atom. The molecule has 3 aromatic rings. The van der Waals surface area contributed by atoms with E-state index >= 15 is 0 Å². The molecule has 0 spiro atoms. The minimum atomic E-state index is -0.117. The minimum absolute atomic E-state index is 0.117. The van der Waals surface area contributed by atoms with Crippen LogP contribution < -0.4 is 10.1 Å². The van der Waals surface area contributed by atoms with Gasteiger partial charge in [0.05, 0.1) is 18.6 Å². The van der Waals surface area contributed by atoms with Crippen molar-refractivity contribution in [2.24, 2.45) is 0 Å². The van der Waals surface area contributed by atoms with Crippen molar-refractivity contribution >= 4 is 23.4 Å². The smallest absolute Gasteiger partial charge is 0.256 e. The van der Waals surface area contributed by atoms with Crippen molar-refractivity contribution in [1.82, 2.24) is 4.98 Å². The highest BCUT2D eigenvalue weighted by Gasteiger charge is 2.10. The van der Waals surface area contributed by atoms with Crippen molar-refractivity contribution in [3.63, 3.8) is 0 Å². The molecular formula is C19H18N2O3S. The lowest BCUT2D eigenvalue weighted by Crippen LogP contribution is -2.13. The topological polar surface area (TPSA) is 64.4 Å². The van der Waals surface area contributed by atoms with Crippen molar-refractivity contribution < 1.29 is 13.9 Å². The highest BCUT2D eigenvalue weighted by molar-refractivity contribution is 7.99. The maximum Gasteiger partial charge on any atom is 0.256 e. The number of thioether (sulfide) groups is 1. The molecule has 0 saturated carbocycles. The number of rotatable bonds is 7. The maximum atomic E-state index is 12.0. The fraction of sp³-hybridized carbons (Fsp3) is 0.158. The molecule has 0 unspecified atom stereocenters. The summed E-state index contributed by atoms with van der Waals surface area (Å²) in [6, 6.07) is 17.0. The van der Waals surface area contributed by atoms with Gasteiger partial charge in [-0.1, -0.05) is 42.1 Å².